The van der Waals surface area contributed by atoms with Gasteiger partial charge in [0.15, 0.2) is 5.82 Å². The summed E-state index contributed by atoms with van der Waals surface area (Å²) in [4.78, 5) is 10.7. The summed E-state index contributed by atoms with van der Waals surface area (Å²) in [6.07, 6.45) is 4.79. The highest BCUT2D eigenvalue weighted by Crippen LogP contribution is 2.37. The molecule has 2 heterocycles. The summed E-state index contributed by atoms with van der Waals surface area (Å²) in [5, 5.41) is 0. The highest BCUT2D eigenvalue weighted by Gasteiger charge is 2.34. The number of rotatable bonds is 4. The fraction of sp³-hybridized carbons (Fsp3) is 0.692. The van der Waals surface area contributed by atoms with Crippen LogP contribution in [0.4, 0.5) is 11.5 Å². The van der Waals surface area contributed by atoms with Crippen molar-refractivity contribution in [2.24, 2.45) is 0 Å². The molecule has 1 saturated heterocycles. The third-order valence-electron chi connectivity index (χ3n) is 3.43. The largest absolute Gasteiger partial charge is 0.476 e. The second-order valence-corrected chi connectivity index (χ2v) is 5.33. The predicted octanol–water partition coefficient (Wildman–Crippen LogP) is 2.23. The maximum atomic E-state index is 6.13. The Morgan fingerprint density at radius 3 is 2.83 bits per heavy atom. The highest BCUT2D eigenvalue weighted by atomic mass is 16.5. The van der Waals surface area contributed by atoms with Crippen molar-refractivity contribution in [3.63, 3.8) is 0 Å². The Bertz CT molecular complexity index is 419. The SMILES string of the molecule is CCCOc1ncnc(N2CCCC2(C)C)c1N. The molecule has 1 fully saturated rings. The summed E-state index contributed by atoms with van der Waals surface area (Å²) < 4.78 is 5.55. The minimum atomic E-state index is 0.102. The molecule has 1 aliphatic rings. The van der Waals surface area contributed by atoms with Gasteiger partial charge in [0.1, 0.15) is 12.0 Å². The van der Waals surface area contributed by atoms with Gasteiger partial charge in [-0.25, -0.2) is 4.98 Å². The molecule has 1 aromatic heterocycles. The zero-order valence-corrected chi connectivity index (χ0v) is 11.4. The van der Waals surface area contributed by atoms with Crippen LogP contribution in [0.15, 0.2) is 6.33 Å². The number of ether oxygens (including phenoxy) is 1. The molecular weight excluding hydrogens is 228 g/mol. The molecule has 0 spiro atoms. The molecule has 0 amide bonds. The van der Waals surface area contributed by atoms with E-state index in [0.717, 1.165) is 25.2 Å². The normalized spacial score (nSPS) is 18.1. The first kappa shape index (κ1) is 12.9. The van der Waals surface area contributed by atoms with Crippen LogP contribution >= 0.6 is 0 Å². The Hall–Kier alpha value is -1.52. The van der Waals surface area contributed by atoms with E-state index in [9.17, 15) is 0 Å². The lowest BCUT2D eigenvalue weighted by atomic mass is 10.0. The van der Waals surface area contributed by atoms with Crippen LogP contribution in [0.25, 0.3) is 0 Å². The zero-order valence-electron chi connectivity index (χ0n) is 11.4. The average molecular weight is 250 g/mol. The number of anilines is 2. The van der Waals surface area contributed by atoms with Gasteiger partial charge >= 0.3 is 0 Å². The number of hydrogen-bond acceptors (Lipinski definition) is 5. The smallest absolute Gasteiger partial charge is 0.242 e. The van der Waals surface area contributed by atoms with E-state index < -0.39 is 0 Å². The maximum absolute atomic E-state index is 6.13. The summed E-state index contributed by atoms with van der Waals surface area (Å²) >= 11 is 0. The summed E-state index contributed by atoms with van der Waals surface area (Å²) in [6, 6.07) is 0. The van der Waals surface area contributed by atoms with Crippen molar-refractivity contribution < 1.29 is 4.74 Å². The van der Waals surface area contributed by atoms with Crippen LogP contribution in [-0.4, -0.2) is 28.7 Å². The van der Waals surface area contributed by atoms with Gasteiger partial charge in [-0.3, -0.25) is 0 Å². The van der Waals surface area contributed by atoms with Crippen LogP contribution in [0.1, 0.15) is 40.0 Å². The van der Waals surface area contributed by atoms with Crippen LogP contribution in [0.3, 0.4) is 0 Å². The van der Waals surface area contributed by atoms with E-state index in [0.29, 0.717) is 18.2 Å². The molecule has 0 unspecified atom stereocenters. The van der Waals surface area contributed by atoms with Crippen LogP contribution < -0.4 is 15.4 Å². The number of hydrogen-bond donors (Lipinski definition) is 1. The minimum Gasteiger partial charge on any atom is -0.476 e. The Morgan fingerprint density at radius 1 is 1.44 bits per heavy atom. The number of aromatic nitrogens is 2. The van der Waals surface area contributed by atoms with Crippen LogP contribution in [0.5, 0.6) is 5.88 Å². The van der Waals surface area contributed by atoms with Crippen molar-refractivity contribution in [3.8, 4) is 5.88 Å². The molecule has 5 nitrogen and oxygen atoms in total. The van der Waals surface area contributed by atoms with Crippen molar-refractivity contribution in [1.82, 2.24) is 9.97 Å². The predicted molar refractivity (Wildman–Crippen MR) is 72.9 cm³/mol. The fourth-order valence-corrected chi connectivity index (χ4v) is 2.40. The lowest BCUT2D eigenvalue weighted by Gasteiger charge is -2.33. The molecule has 1 aromatic rings. The molecule has 0 bridgehead atoms. The molecule has 5 heteroatoms. The average Bonchev–Trinajstić information content (AvgIpc) is 2.68. The molecule has 0 atom stereocenters. The van der Waals surface area contributed by atoms with Gasteiger partial charge in [0.05, 0.1) is 6.61 Å². The Balaban J connectivity index is 2.28. The summed E-state index contributed by atoms with van der Waals surface area (Å²) in [5.41, 5.74) is 6.79. The quantitative estimate of drug-likeness (QED) is 0.887. The molecule has 0 radical (unpaired) electrons. The van der Waals surface area contributed by atoms with Gasteiger partial charge in [0, 0.05) is 12.1 Å². The third kappa shape index (κ3) is 2.35. The summed E-state index contributed by atoms with van der Waals surface area (Å²) in [7, 11) is 0. The van der Waals surface area contributed by atoms with E-state index >= 15 is 0 Å². The molecular formula is C13H22N4O. The number of nitrogens with zero attached hydrogens (tertiary/aromatic N) is 3. The lowest BCUT2D eigenvalue weighted by molar-refractivity contribution is 0.306. The second kappa shape index (κ2) is 5.00. The minimum absolute atomic E-state index is 0.102. The van der Waals surface area contributed by atoms with Crippen LogP contribution in [0.2, 0.25) is 0 Å². The first-order chi connectivity index (χ1) is 8.56. The van der Waals surface area contributed by atoms with E-state index in [2.05, 4.69) is 35.6 Å². The molecule has 1 aliphatic heterocycles. The number of nitrogen functional groups attached to an aromatic ring is 1. The number of nitrogens with two attached hydrogens (primary N) is 1. The van der Waals surface area contributed by atoms with Gasteiger partial charge in [-0.2, -0.15) is 4.98 Å². The first-order valence-corrected chi connectivity index (χ1v) is 6.57. The van der Waals surface area contributed by atoms with Crippen LogP contribution in [-0.2, 0) is 0 Å². The monoisotopic (exact) mass is 250 g/mol. The Labute approximate surface area is 108 Å². The summed E-state index contributed by atoms with van der Waals surface area (Å²) in [5.74, 6) is 1.31. The highest BCUT2D eigenvalue weighted by molar-refractivity contribution is 5.69. The van der Waals surface area contributed by atoms with Crippen molar-refractivity contribution >= 4 is 11.5 Å². The van der Waals surface area contributed by atoms with Crippen LogP contribution in [0, 0.1) is 0 Å². The lowest BCUT2D eigenvalue weighted by Crippen LogP contribution is -2.39. The molecule has 0 aromatic carbocycles. The molecule has 2 N–H and O–H groups in total. The van der Waals surface area contributed by atoms with E-state index in [4.69, 9.17) is 10.5 Å². The molecule has 0 aliphatic carbocycles. The standard InChI is InChI=1S/C13H22N4O/c1-4-8-18-12-10(14)11(15-9-16-12)17-7-5-6-13(17,2)3/h9H,4-8,14H2,1-3H3. The van der Waals surface area contributed by atoms with Gasteiger partial charge < -0.3 is 15.4 Å². The maximum Gasteiger partial charge on any atom is 0.242 e. The van der Waals surface area contributed by atoms with E-state index in [1.165, 1.54) is 12.7 Å². The Morgan fingerprint density at radius 2 is 2.22 bits per heavy atom. The third-order valence-corrected chi connectivity index (χ3v) is 3.43. The van der Waals surface area contributed by atoms with Gasteiger partial charge in [0.25, 0.3) is 0 Å². The van der Waals surface area contributed by atoms with Crippen molar-refractivity contribution in [2.75, 3.05) is 23.8 Å². The molecule has 0 saturated carbocycles. The van der Waals surface area contributed by atoms with E-state index in [1.807, 2.05) is 0 Å². The molecule has 2 rings (SSSR count). The van der Waals surface area contributed by atoms with E-state index in [-0.39, 0.29) is 5.54 Å². The molecule has 18 heavy (non-hydrogen) atoms. The van der Waals surface area contributed by atoms with Gasteiger partial charge in [-0.05, 0) is 33.1 Å². The zero-order chi connectivity index (χ0) is 13.2. The molecule has 100 valence electrons. The second-order valence-electron chi connectivity index (χ2n) is 5.33. The van der Waals surface area contributed by atoms with Gasteiger partial charge in [0.2, 0.25) is 5.88 Å². The van der Waals surface area contributed by atoms with Crippen molar-refractivity contribution in [1.29, 1.82) is 0 Å². The van der Waals surface area contributed by atoms with Gasteiger partial charge in [-0.1, -0.05) is 6.92 Å². The fourth-order valence-electron chi connectivity index (χ4n) is 2.40. The van der Waals surface area contributed by atoms with Crippen molar-refractivity contribution in [2.45, 2.75) is 45.6 Å². The Kier molecular flexibility index (Phi) is 3.59. The first-order valence-electron chi connectivity index (χ1n) is 6.57. The van der Waals surface area contributed by atoms with E-state index in [1.54, 1.807) is 0 Å². The topological polar surface area (TPSA) is 64.3 Å². The van der Waals surface area contributed by atoms with Gasteiger partial charge in [-0.15, -0.1) is 0 Å². The van der Waals surface area contributed by atoms with Crippen molar-refractivity contribution in [3.05, 3.63) is 6.33 Å². The summed E-state index contributed by atoms with van der Waals surface area (Å²) in [6.45, 7) is 8.11.